The van der Waals surface area contributed by atoms with Gasteiger partial charge < -0.3 is 5.32 Å². The minimum atomic E-state index is -3.50. The molecule has 1 rings (SSSR count). The Morgan fingerprint density at radius 3 is 2.31 bits per heavy atom. The molecule has 0 heterocycles. The van der Waals surface area contributed by atoms with Crippen LogP contribution in [0, 0.1) is 0 Å². The minimum Gasteiger partial charge on any atom is -0.355 e. The van der Waals surface area contributed by atoms with Crippen LogP contribution >= 0.6 is 11.6 Å². The molecule has 0 saturated heterocycles. The number of nitrogens with one attached hydrogen (secondary N) is 2. The lowest BCUT2D eigenvalue weighted by Crippen LogP contribution is -2.18. The largest absolute Gasteiger partial charge is 0.355 e. The van der Waals surface area contributed by atoms with Crippen LogP contribution < -0.4 is 10.0 Å². The van der Waals surface area contributed by atoms with Gasteiger partial charge in [-0.15, -0.1) is 11.6 Å². The van der Waals surface area contributed by atoms with Gasteiger partial charge in [-0.25, -0.2) is 8.42 Å². The highest BCUT2D eigenvalue weighted by Crippen LogP contribution is 2.11. The molecule has 88 valence electrons. The second-order valence-electron chi connectivity index (χ2n) is 2.98. The fourth-order valence-electron chi connectivity index (χ4n) is 1.04. The lowest BCUT2D eigenvalue weighted by molar-refractivity contribution is 0.0963. The van der Waals surface area contributed by atoms with Crippen molar-refractivity contribution in [1.82, 2.24) is 5.32 Å². The zero-order valence-electron chi connectivity index (χ0n) is 8.53. The monoisotopic (exact) mass is 262 g/mol. The molecule has 0 bridgehead atoms. The van der Waals surface area contributed by atoms with Crippen molar-refractivity contribution in [3.8, 4) is 0 Å². The first-order chi connectivity index (χ1) is 7.48. The molecule has 2 N–H and O–H groups in total. The van der Waals surface area contributed by atoms with E-state index in [1.807, 2.05) is 0 Å². The molecule has 0 aromatic heterocycles. The van der Waals surface area contributed by atoms with Gasteiger partial charge in [0.15, 0.2) is 0 Å². The summed E-state index contributed by atoms with van der Waals surface area (Å²) >= 11 is 5.23. The molecular formula is C9H11ClN2O3S. The molecule has 1 amide bonds. The van der Waals surface area contributed by atoms with Crippen LogP contribution in [0.1, 0.15) is 10.4 Å². The van der Waals surface area contributed by atoms with Crippen molar-refractivity contribution < 1.29 is 13.2 Å². The van der Waals surface area contributed by atoms with Crippen molar-refractivity contribution in [2.75, 3.05) is 17.0 Å². The van der Waals surface area contributed by atoms with Crippen LogP contribution in [0.2, 0.25) is 0 Å². The fourth-order valence-corrected chi connectivity index (χ4v) is 1.75. The predicted molar refractivity (Wildman–Crippen MR) is 63.1 cm³/mol. The zero-order chi connectivity index (χ0) is 12.2. The molecule has 16 heavy (non-hydrogen) atoms. The maximum atomic E-state index is 11.2. The first-order valence-corrected chi connectivity index (χ1v) is 6.56. The Morgan fingerprint density at radius 2 is 1.88 bits per heavy atom. The van der Waals surface area contributed by atoms with Crippen LogP contribution in [0.15, 0.2) is 24.3 Å². The average Bonchev–Trinajstić information content (AvgIpc) is 2.28. The maximum Gasteiger partial charge on any atom is 0.251 e. The molecule has 0 fully saturated rings. The van der Waals surface area contributed by atoms with E-state index in [-0.39, 0.29) is 5.91 Å². The molecule has 0 atom stereocenters. The minimum absolute atomic E-state index is 0.230. The third-order valence-corrected chi connectivity index (χ3v) is 3.49. The number of carbonyl (C=O) groups is 1. The molecule has 0 unspecified atom stereocenters. The SMILES string of the molecule is CNC(=O)c1ccc(NS(=O)(=O)CCl)cc1. The summed E-state index contributed by atoms with van der Waals surface area (Å²) in [6.45, 7) is 0. The highest BCUT2D eigenvalue weighted by atomic mass is 35.5. The van der Waals surface area contributed by atoms with Crippen LogP contribution in [0.25, 0.3) is 0 Å². The number of anilines is 1. The lowest BCUT2D eigenvalue weighted by Gasteiger charge is -2.05. The summed E-state index contributed by atoms with van der Waals surface area (Å²) in [5.41, 5.74) is 0.824. The summed E-state index contributed by atoms with van der Waals surface area (Å²) in [6.07, 6.45) is 0. The van der Waals surface area contributed by atoms with Crippen LogP contribution in [0.3, 0.4) is 0 Å². The van der Waals surface area contributed by atoms with E-state index in [2.05, 4.69) is 10.0 Å². The third-order valence-electron chi connectivity index (χ3n) is 1.79. The highest BCUT2D eigenvalue weighted by Gasteiger charge is 2.08. The number of hydrogen-bond acceptors (Lipinski definition) is 3. The number of halogens is 1. The van der Waals surface area contributed by atoms with Gasteiger partial charge in [-0.1, -0.05) is 0 Å². The van der Waals surface area contributed by atoms with Gasteiger partial charge in [-0.05, 0) is 24.3 Å². The summed E-state index contributed by atoms with van der Waals surface area (Å²) in [4.78, 5) is 11.2. The Kier molecular flexibility index (Phi) is 4.14. The molecule has 0 spiro atoms. The number of carbonyl (C=O) groups excluding carboxylic acids is 1. The molecule has 7 heteroatoms. The Labute approximate surface area is 98.9 Å². The van der Waals surface area contributed by atoms with Crippen molar-refractivity contribution in [2.45, 2.75) is 0 Å². The first kappa shape index (κ1) is 12.8. The van der Waals surface area contributed by atoms with Crippen molar-refractivity contribution >= 4 is 33.2 Å². The Bertz CT molecular complexity index is 470. The highest BCUT2D eigenvalue weighted by molar-refractivity contribution is 7.93. The van der Waals surface area contributed by atoms with Crippen molar-refractivity contribution in [3.05, 3.63) is 29.8 Å². The number of rotatable bonds is 4. The summed E-state index contributed by atoms with van der Waals surface area (Å²) in [5, 5.41) is 1.95. The molecular weight excluding hydrogens is 252 g/mol. The molecule has 0 saturated carbocycles. The van der Waals surface area contributed by atoms with Gasteiger partial charge >= 0.3 is 0 Å². The van der Waals surface area contributed by atoms with E-state index < -0.39 is 15.2 Å². The maximum absolute atomic E-state index is 11.2. The van der Waals surface area contributed by atoms with Gasteiger partial charge in [0.2, 0.25) is 10.0 Å². The van der Waals surface area contributed by atoms with E-state index in [9.17, 15) is 13.2 Å². The number of benzene rings is 1. The fraction of sp³-hybridized carbons (Fsp3) is 0.222. The van der Waals surface area contributed by atoms with E-state index in [1.165, 1.54) is 31.3 Å². The second-order valence-corrected chi connectivity index (χ2v) is 5.29. The Balaban J connectivity index is 2.84. The van der Waals surface area contributed by atoms with Crippen LogP contribution in [-0.2, 0) is 10.0 Å². The number of amides is 1. The molecule has 0 aliphatic rings. The van der Waals surface area contributed by atoms with Gasteiger partial charge in [0.05, 0.1) is 0 Å². The van der Waals surface area contributed by atoms with E-state index in [1.54, 1.807) is 0 Å². The van der Waals surface area contributed by atoms with Crippen molar-refractivity contribution in [3.63, 3.8) is 0 Å². The van der Waals surface area contributed by atoms with Gasteiger partial charge in [-0.3, -0.25) is 9.52 Å². The topological polar surface area (TPSA) is 75.3 Å². The molecule has 5 nitrogen and oxygen atoms in total. The van der Waals surface area contributed by atoms with Crippen molar-refractivity contribution in [1.29, 1.82) is 0 Å². The van der Waals surface area contributed by atoms with Crippen molar-refractivity contribution in [2.24, 2.45) is 0 Å². The van der Waals surface area contributed by atoms with Gasteiger partial charge in [0, 0.05) is 18.3 Å². The summed E-state index contributed by atoms with van der Waals surface area (Å²) < 4.78 is 24.5. The summed E-state index contributed by atoms with van der Waals surface area (Å²) in [5.74, 6) is -0.230. The molecule has 0 aliphatic heterocycles. The van der Waals surface area contributed by atoms with Crippen LogP contribution in [-0.4, -0.2) is 26.6 Å². The summed E-state index contributed by atoms with van der Waals surface area (Å²) in [6, 6.07) is 6.03. The Morgan fingerprint density at radius 1 is 1.31 bits per heavy atom. The second kappa shape index (κ2) is 5.18. The van der Waals surface area contributed by atoms with Crippen LogP contribution in [0.4, 0.5) is 5.69 Å². The first-order valence-electron chi connectivity index (χ1n) is 4.37. The van der Waals surface area contributed by atoms with Crippen LogP contribution in [0.5, 0.6) is 0 Å². The standard InChI is InChI=1S/C9H11ClN2O3S/c1-11-9(13)7-2-4-8(5-3-7)12-16(14,15)6-10/h2-5,12H,6H2,1H3,(H,11,13). The quantitative estimate of drug-likeness (QED) is 0.795. The van der Waals surface area contributed by atoms with E-state index in [0.29, 0.717) is 11.3 Å². The average molecular weight is 263 g/mol. The molecule has 1 aromatic rings. The third kappa shape index (κ3) is 3.39. The number of hydrogen-bond donors (Lipinski definition) is 2. The van der Waals surface area contributed by atoms with Gasteiger partial charge in [0.1, 0.15) is 5.21 Å². The predicted octanol–water partition coefficient (Wildman–Crippen LogP) is 0.984. The molecule has 0 radical (unpaired) electrons. The van der Waals surface area contributed by atoms with E-state index in [0.717, 1.165) is 0 Å². The smallest absolute Gasteiger partial charge is 0.251 e. The number of sulfonamides is 1. The van der Waals surface area contributed by atoms with E-state index >= 15 is 0 Å². The van der Waals surface area contributed by atoms with E-state index in [4.69, 9.17) is 11.6 Å². The lowest BCUT2D eigenvalue weighted by atomic mass is 10.2. The number of alkyl halides is 1. The normalized spacial score (nSPS) is 10.9. The van der Waals surface area contributed by atoms with Gasteiger partial charge in [0.25, 0.3) is 5.91 Å². The molecule has 0 aliphatic carbocycles. The zero-order valence-corrected chi connectivity index (χ0v) is 10.1. The molecule has 1 aromatic carbocycles. The summed E-state index contributed by atoms with van der Waals surface area (Å²) in [7, 11) is -1.98. The Hall–Kier alpha value is -1.27. The van der Waals surface area contributed by atoms with Gasteiger partial charge in [-0.2, -0.15) is 0 Å².